The Morgan fingerprint density at radius 1 is 1.35 bits per heavy atom. The summed E-state index contributed by atoms with van der Waals surface area (Å²) in [7, 11) is 0. The van der Waals surface area contributed by atoms with Crippen LogP contribution in [0.25, 0.3) is 11.4 Å². The summed E-state index contributed by atoms with van der Waals surface area (Å²) in [5.74, 6) is 0.507. The first kappa shape index (κ1) is 13.8. The molecule has 0 unspecified atom stereocenters. The van der Waals surface area contributed by atoms with Gasteiger partial charge in [-0.05, 0) is 44.0 Å². The fraction of sp³-hybridized carbons (Fsp3) is 0.400. The summed E-state index contributed by atoms with van der Waals surface area (Å²) >= 11 is 3.40. The first-order chi connectivity index (χ1) is 9.70. The normalized spacial score (nSPS) is 14.3. The monoisotopic (exact) mass is 337 g/mol. The summed E-state index contributed by atoms with van der Waals surface area (Å²) in [6, 6.07) is 4.98. The van der Waals surface area contributed by atoms with Gasteiger partial charge in [-0.15, -0.1) is 0 Å². The molecule has 0 spiro atoms. The van der Waals surface area contributed by atoms with Crippen LogP contribution in [0.5, 0.6) is 0 Å². The molecule has 2 aromatic rings. The molecular weight excluding hydrogens is 321 g/mol. The number of nitrogens with zero attached hydrogens (tertiary/aromatic N) is 2. The zero-order chi connectivity index (χ0) is 14.1. The predicted molar refractivity (Wildman–Crippen MR) is 81.0 cm³/mol. The Morgan fingerprint density at radius 2 is 2.20 bits per heavy atom. The Kier molecular flexibility index (Phi) is 3.89. The topological polar surface area (TPSA) is 43.8 Å². The molecule has 106 valence electrons. The summed E-state index contributed by atoms with van der Waals surface area (Å²) in [4.78, 5) is 4.68. The highest BCUT2D eigenvalue weighted by Gasteiger charge is 2.22. The number of benzene rings is 1. The summed E-state index contributed by atoms with van der Waals surface area (Å²) in [6.07, 6.45) is 4.06. The molecule has 1 aromatic heterocycles. The van der Waals surface area contributed by atoms with Gasteiger partial charge in [-0.2, -0.15) is 0 Å². The molecule has 3 rings (SSSR count). The zero-order valence-electron chi connectivity index (χ0n) is 11.2. The maximum atomic E-state index is 14.1. The summed E-state index contributed by atoms with van der Waals surface area (Å²) in [6.45, 7) is 1.48. The number of hydrogen-bond donors (Lipinski definition) is 1. The lowest BCUT2D eigenvalue weighted by Gasteiger charge is -2.17. The van der Waals surface area contributed by atoms with Crippen LogP contribution in [0.15, 0.2) is 22.7 Å². The highest BCUT2D eigenvalue weighted by molar-refractivity contribution is 9.10. The standard InChI is InChI=1S/C15H17BrFN3/c16-10-4-5-12(17)11(9-10)15-19-13(6-7-18)14-3-1-2-8-20(14)15/h4-5,9H,1-3,6-8,18H2. The van der Waals surface area contributed by atoms with E-state index in [1.165, 1.54) is 18.2 Å². The summed E-state index contributed by atoms with van der Waals surface area (Å²) in [5.41, 5.74) is 8.49. The van der Waals surface area contributed by atoms with Crippen LogP contribution in [0, 0.1) is 5.82 Å². The number of fused-ring (bicyclic) bond motifs is 1. The van der Waals surface area contributed by atoms with Crippen molar-refractivity contribution in [3.05, 3.63) is 39.9 Å². The van der Waals surface area contributed by atoms with Crippen molar-refractivity contribution in [1.29, 1.82) is 0 Å². The molecule has 0 bridgehead atoms. The van der Waals surface area contributed by atoms with Crippen LogP contribution in [0.4, 0.5) is 4.39 Å². The van der Waals surface area contributed by atoms with Gasteiger partial charge in [0, 0.05) is 23.1 Å². The molecule has 1 aromatic carbocycles. The number of hydrogen-bond acceptors (Lipinski definition) is 2. The lowest BCUT2D eigenvalue weighted by molar-refractivity contribution is 0.531. The summed E-state index contributed by atoms with van der Waals surface area (Å²) < 4.78 is 17.2. The van der Waals surface area contributed by atoms with Crippen molar-refractivity contribution in [3.8, 4) is 11.4 Å². The first-order valence-electron chi connectivity index (χ1n) is 6.94. The van der Waals surface area contributed by atoms with E-state index in [1.54, 1.807) is 12.1 Å². The lowest BCUT2D eigenvalue weighted by Crippen LogP contribution is -2.13. The molecule has 0 atom stereocenters. The maximum absolute atomic E-state index is 14.1. The third kappa shape index (κ3) is 2.40. The second-order valence-corrected chi connectivity index (χ2v) is 6.02. The van der Waals surface area contributed by atoms with Crippen molar-refractivity contribution < 1.29 is 4.39 Å². The number of nitrogens with two attached hydrogens (primary N) is 1. The van der Waals surface area contributed by atoms with Crippen molar-refractivity contribution in [3.63, 3.8) is 0 Å². The van der Waals surface area contributed by atoms with Gasteiger partial charge in [0.25, 0.3) is 0 Å². The van der Waals surface area contributed by atoms with Crippen LogP contribution in [-0.4, -0.2) is 16.1 Å². The zero-order valence-corrected chi connectivity index (χ0v) is 12.8. The highest BCUT2D eigenvalue weighted by Crippen LogP contribution is 2.30. The fourth-order valence-corrected chi connectivity index (χ4v) is 3.19. The molecule has 20 heavy (non-hydrogen) atoms. The number of halogens is 2. The number of rotatable bonds is 3. The van der Waals surface area contributed by atoms with E-state index < -0.39 is 0 Å². The molecule has 0 fully saturated rings. The minimum absolute atomic E-state index is 0.231. The molecule has 0 saturated carbocycles. The van der Waals surface area contributed by atoms with Gasteiger partial charge in [-0.1, -0.05) is 15.9 Å². The number of imidazole rings is 1. The average molecular weight is 338 g/mol. The Hall–Kier alpha value is -1.20. The SMILES string of the molecule is NCCc1nc(-c2cc(Br)ccc2F)n2c1CCCC2. The van der Waals surface area contributed by atoms with E-state index in [1.807, 2.05) is 0 Å². The van der Waals surface area contributed by atoms with Crippen LogP contribution in [-0.2, 0) is 19.4 Å². The number of aromatic nitrogens is 2. The molecule has 5 heteroatoms. The maximum Gasteiger partial charge on any atom is 0.143 e. The van der Waals surface area contributed by atoms with Crippen LogP contribution in [0.2, 0.25) is 0 Å². The minimum Gasteiger partial charge on any atom is -0.330 e. The highest BCUT2D eigenvalue weighted by atomic mass is 79.9. The lowest BCUT2D eigenvalue weighted by atomic mass is 10.1. The second kappa shape index (κ2) is 5.66. The van der Waals surface area contributed by atoms with Crippen LogP contribution in [0.3, 0.4) is 0 Å². The predicted octanol–water partition coefficient (Wildman–Crippen LogP) is 3.29. The molecule has 0 radical (unpaired) electrons. The molecule has 3 nitrogen and oxygen atoms in total. The van der Waals surface area contributed by atoms with E-state index in [0.717, 1.165) is 41.8 Å². The molecule has 1 aliphatic rings. The van der Waals surface area contributed by atoms with E-state index in [4.69, 9.17) is 5.73 Å². The van der Waals surface area contributed by atoms with Crippen molar-refractivity contribution in [2.45, 2.75) is 32.2 Å². The Morgan fingerprint density at radius 3 is 3.00 bits per heavy atom. The molecule has 1 aliphatic heterocycles. The second-order valence-electron chi connectivity index (χ2n) is 5.10. The Balaban J connectivity index is 2.15. The molecular formula is C15H17BrFN3. The first-order valence-corrected chi connectivity index (χ1v) is 7.74. The fourth-order valence-electron chi connectivity index (χ4n) is 2.83. The van der Waals surface area contributed by atoms with Gasteiger partial charge in [0.15, 0.2) is 0 Å². The van der Waals surface area contributed by atoms with Crippen molar-refractivity contribution in [2.24, 2.45) is 5.73 Å². The molecule has 0 amide bonds. The van der Waals surface area contributed by atoms with E-state index in [9.17, 15) is 4.39 Å². The quantitative estimate of drug-likeness (QED) is 0.933. The van der Waals surface area contributed by atoms with Gasteiger partial charge in [-0.25, -0.2) is 9.37 Å². The molecule has 2 N–H and O–H groups in total. The van der Waals surface area contributed by atoms with E-state index in [2.05, 4.69) is 25.5 Å². The van der Waals surface area contributed by atoms with E-state index >= 15 is 0 Å². The third-order valence-electron chi connectivity index (χ3n) is 3.75. The summed E-state index contributed by atoms with van der Waals surface area (Å²) in [5, 5.41) is 0. The Bertz CT molecular complexity index is 636. The van der Waals surface area contributed by atoms with Crippen LogP contribution >= 0.6 is 15.9 Å². The van der Waals surface area contributed by atoms with Crippen molar-refractivity contribution in [1.82, 2.24) is 9.55 Å². The van der Waals surface area contributed by atoms with Gasteiger partial charge in [0.05, 0.1) is 11.3 Å². The van der Waals surface area contributed by atoms with Gasteiger partial charge in [0.1, 0.15) is 11.6 Å². The van der Waals surface area contributed by atoms with E-state index in [-0.39, 0.29) is 5.82 Å². The molecule has 0 saturated heterocycles. The van der Waals surface area contributed by atoms with Gasteiger partial charge < -0.3 is 10.3 Å². The van der Waals surface area contributed by atoms with Gasteiger partial charge in [-0.3, -0.25) is 0 Å². The molecule has 0 aliphatic carbocycles. The molecule has 2 heterocycles. The Labute approximate surface area is 126 Å². The van der Waals surface area contributed by atoms with E-state index in [0.29, 0.717) is 12.1 Å². The van der Waals surface area contributed by atoms with Crippen molar-refractivity contribution in [2.75, 3.05) is 6.54 Å². The average Bonchev–Trinajstić information content (AvgIpc) is 2.81. The van der Waals surface area contributed by atoms with Crippen LogP contribution < -0.4 is 5.73 Å². The minimum atomic E-state index is -0.231. The van der Waals surface area contributed by atoms with Gasteiger partial charge >= 0.3 is 0 Å². The smallest absolute Gasteiger partial charge is 0.143 e. The third-order valence-corrected chi connectivity index (χ3v) is 4.24. The largest absolute Gasteiger partial charge is 0.330 e. The van der Waals surface area contributed by atoms with Crippen molar-refractivity contribution >= 4 is 15.9 Å². The van der Waals surface area contributed by atoms with Gasteiger partial charge in [0.2, 0.25) is 0 Å². The van der Waals surface area contributed by atoms with Crippen LogP contribution in [0.1, 0.15) is 24.2 Å².